The van der Waals surface area contributed by atoms with Crippen LogP contribution in [0.15, 0.2) is 34.5 Å². The van der Waals surface area contributed by atoms with Crippen molar-refractivity contribution < 1.29 is 14.3 Å². The van der Waals surface area contributed by atoms with Crippen molar-refractivity contribution in [3.63, 3.8) is 0 Å². The van der Waals surface area contributed by atoms with E-state index >= 15 is 0 Å². The molecule has 27 heavy (non-hydrogen) atoms. The largest absolute Gasteiger partial charge is 0.465 e. The molecule has 0 fully saturated rings. The zero-order valence-corrected chi connectivity index (χ0v) is 17.1. The molecule has 0 aromatic heterocycles. The molecule has 144 valence electrons. The van der Waals surface area contributed by atoms with Gasteiger partial charge in [-0.2, -0.15) is 0 Å². The number of esters is 1. The predicted octanol–water partition coefficient (Wildman–Crippen LogP) is 5.52. The number of allylic oxidation sites excluding steroid dienone is 2. The lowest BCUT2D eigenvalue weighted by Gasteiger charge is -2.34. The monoisotopic (exact) mass is 407 g/mol. The summed E-state index contributed by atoms with van der Waals surface area (Å²) in [5, 5.41) is 0.839. The van der Waals surface area contributed by atoms with Gasteiger partial charge in [-0.05, 0) is 43.9 Å². The van der Waals surface area contributed by atoms with Crippen molar-refractivity contribution in [2.45, 2.75) is 51.9 Å². The number of carbonyl (C=O) groups is 2. The average Bonchev–Trinajstić information content (AvgIpc) is 2.63. The highest BCUT2D eigenvalue weighted by Crippen LogP contribution is 2.44. The van der Waals surface area contributed by atoms with E-state index in [1.165, 1.54) is 0 Å². The van der Waals surface area contributed by atoms with Crippen LogP contribution in [0.5, 0.6) is 0 Å². The topological polar surface area (TPSA) is 55.7 Å². The van der Waals surface area contributed by atoms with Crippen LogP contribution in [0, 0.1) is 5.92 Å². The first-order valence-corrected chi connectivity index (χ1v) is 10.1. The quantitative estimate of drug-likeness (QED) is 0.476. The summed E-state index contributed by atoms with van der Waals surface area (Å²) in [5.41, 5.74) is 2.89. The van der Waals surface area contributed by atoms with Crippen molar-refractivity contribution in [1.29, 1.82) is 0 Å². The third-order valence-electron chi connectivity index (χ3n) is 5.13. The average molecular weight is 408 g/mol. The van der Waals surface area contributed by atoms with Gasteiger partial charge in [-0.25, -0.2) is 0 Å². The minimum atomic E-state index is -0.625. The molecule has 0 saturated carbocycles. The maximum absolute atomic E-state index is 12.9. The number of unbranched alkanes of at least 4 members (excludes halogenated alkanes) is 1. The summed E-state index contributed by atoms with van der Waals surface area (Å²) < 4.78 is 5.50. The van der Waals surface area contributed by atoms with Crippen molar-refractivity contribution in [2.24, 2.45) is 10.9 Å². The number of rotatable bonds is 5. The fraction of sp³-hybridized carbons (Fsp3) is 0.476. The normalized spacial score (nSPS) is 22.4. The van der Waals surface area contributed by atoms with Gasteiger partial charge in [0, 0.05) is 29.3 Å². The molecule has 0 spiro atoms. The molecule has 1 aromatic rings. The number of ketones is 1. The Kier molecular flexibility index (Phi) is 6.38. The zero-order chi connectivity index (χ0) is 19.6. The second-order valence-corrected chi connectivity index (χ2v) is 7.85. The van der Waals surface area contributed by atoms with Crippen LogP contribution in [0.2, 0.25) is 10.0 Å². The van der Waals surface area contributed by atoms with Crippen LogP contribution in [0.25, 0.3) is 0 Å². The molecule has 2 atom stereocenters. The molecule has 0 saturated heterocycles. The molecular formula is C21H23Cl2NO3. The number of hydrogen-bond donors (Lipinski definition) is 0. The zero-order valence-electron chi connectivity index (χ0n) is 15.6. The van der Waals surface area contributed by atoms with Gasteiger partial charge in [0.25, 0.3) is 0 Å². The van der Waals surface area contributed by atoms with E-state index in [0.29, 0.717) is 34.4 Å². The molecule has 0 bridgehead atoms. The van der Waals surface area contributed by atoms with E-state index in [0.717, 1.165) is 36.9 Å². The molecule has 1 aliphatic heterocycles. The first-order chi connectivity index (χ1) is 12.9. The number of benzene rings is 1. The lowest BCUT2D eigenvalue weighted by molar-refractivity contribution is -0.146. The summed E-state index contributed by atoms with van der Waals surface area (Å²) in [6.45, 7) is 4.24. The number of Topliss-reactive ketones (excluding diaryl/α,β-unsaturated/α-hetero) is 1. The minimum absolute atomic E-state index is 0.0509. The van der Waals surface area contributed by atoms with Gasteiger partial charge < -0.3 is 4.74 Å². The Morgan fingerprint density at radius 1 is 1.26 bits per heavy atom. The van der Waals surface area contributed by atoms with E-state index in [1.54, 1.807) is 12.1 Å². The molecule has 0 N–H and O–H groups in total. The van der Waals surface area contributed by atoms with Crippen LogP contribution < -0.4 is 0 Å². The van der Waals surface area contributed by atoms with Gasteiger partial charge in [-0.1, -0.05) is 42.6 Å². The number of carbonyl (C=O) groups excluding carboxylic acids is 2. The van der Waals surface area contributed by atoms with Gasteiger partial charge in [0.15, 0.2) is 5.78 Å². The van der Waals surface area contributed by atoms with Gasteiger partial charge in [0.2, 0.25) is 0 Å². The first kappa shape index (κ1) is 20.1. The van der Waals surface area contributed by atoms with Crippen molar-refractivity contribution in [3.8, 4) is 0 Å². The van der Waals surface area contributed by atoms with E-state index in [2.05, 4.69) is 4.99 Å². The molecule has 3 rings (SSSR count). The van der Waals surface area contributed by atoms with E-state index in [4.69, 9.17) is 27.9 Å². The number of hydrogen-bond acceptors (Lipinski definition) is 4. The molecular weight excluding hydrogens is 385 g/mol. The standard InChI is InChI=1S/C21H23Cl2NO3/c1-3-4-10-27-21(26)18-12(2)24-16-6-5-7-17(25)20(16)19(18)13-8-9-14(22)15(23)11-13/h8-9,11,18-19H,3-7,10H2,1-2H3/t18?,19-/m0/s1. The maximum Gasteiger partial charge on any atom is 0.315 e. The molecule has 0 radical (unpaired) electrons. The second kappa shape index (κ2) is 8.57. The third-order valence-corrected chi connectivity index (χ3v) is 5.87. The second-order valence-electron chi connectivity index (χ2n) is 7.04. The van der Waals surface area contributed by atoms with Crippen LogP contribution in [-0.4, -0.2) is 24.1 Å². The molecule has 1 unspecified atom stereocenters. The van der Waals surface area contributed by atoms with Crippen molar-refractivity contribution in [2.75, 3.05) is 6.61 Å². The van der Waals surface area contributed by atoms with Crippen molar-refractivity contribution in [1.82, 2.24) is 0 Å². The molecule has 6 heteroatoms. The Morgan fingerprint density at radius 2 is 2.04 bits per heavy atom. The summed E-state index contributed by atoms with van der Waals surface area (Å²) in [4.78, 5) is 30.3. The van der Waals surface area contributed by atoms with Crippen LogP contribution in [0.3, 0.4) is 0 Å². The number of ether oxygens (including phenoxy) is 1. The van der Waals surface area contributed by atoms with Crippen LogP contribution in [-0.2, 0) is 14.3 Å². The van der Waals surface area contributed by atoms with Crippen molar-refractivity contribution >= 4 is 40.7 Å². The van der Waals surface area contributed by atoms with E-state index in [1.807, 2.05) is 19.9 Å². The Morgan fingerprint density at radius 3 is 2.74 bits per heavy atom. The summed E-state index contributed by atoms with van der Waals surface area (Å²) >= 11 is 12.3. The number of aliphatic imine (C=N–C) groups is 1. The highest BCUT2D eigenvalue weighted by atomic mass is 35.5. The minimum Gasteiger partial charge on any atom is -0.465 e. The van der Waals surface area contributed by atoms with Gasteiger partial charge >= 0.3 is 5.97 Å². The highest BCUT2D eigenvalue weighted by molar-refractivity contribution is 6.42. The first-order valence-electron chi connectivity index (χ1n) is 9.37. The fourth-order valence-corrected chi connectivity index (χ4v) is 4.09. The third kappa shape index (κ3) is 4.12. The fourth-order valence-electron chi connectivity index (χ4n) is 3.78. The van der Waals surface area contributed by atoms with Crippen LogP contribution in [0.4, 0.5) is 0 Å². The van der Waals surface area contributed by atoms with Gasteiger partial charge in [0.05, 0.1) is 16.7 Å². The molecule has 4 nitrogen and oxygen atoms in total. The van der Waals surface area contributed by atoms with Gasteiger partial charge in [-0.15, -0.1) is 0 Å². The Labute approximate surface area is 169 Å². The predicted molar refractivity (Wildman–Crippen MR) is 108 cm³/mol. The van der Waals surface area contributed by atoms with Crippen LogP contribution in [0.1, 0.15) is 57.4 Å². The Bertz CT molecular complexity index is 829. The Balaban J connectivity index is 2.06. The van der Waals surface area contributed by atoms with E-state index in [-0.39, 0.29) is 11.8 Å². The maximum atomic E-state index is 12.9. The Hall–Kier alpha value is -1.65. The number of halogens is 2. The number of nitrogens with zero attached hydrogens (tertiary/aromatic N) is 1. The molecule has 0 amide bonds. The summed E-state index contributed by atoms with van der Waals surface area (Å²) in [7, 11) is 0. The van der Waals surface area contributed by atoms with Crippen molar-refractivity contribution in [3.05, 3.63) is 45.1 Å². The summed E-state index contributed by atoms with van der Waals surface area (Å²) in [6, 6.07) is 5.27. The van der Waals surface area contributed by atoms with Crippen LogP contribution >= 0.6 is 23.2 Å². The summed E-state index contributed by atoms with van der Waals surface area (Å²) in [5.74, 6) is -1.35. The smallest absolute Gasteiger partial charge is 0.315 e. The van der Waals surface area contributed by atoms with E-state index in [9.17, 15) is 9.59 Å². The van der Waals surface area contributed by atoms with Gasteiger partial charge in [0.1, 0.15) is 5.92 Å². The lowest BCUT2D eigenvalue weighted by Crippen LogP contribution is -2.37. The van der Waals surface area contributed by atoms with E-state index < -0.39 is 11.8 Å². The molecule has 1 aromatic carbocycles. The molecule has 1 heterocycles. The highest BCUT2D eigenvalue weighted by Gasteiger charge is 2.43. The molecule has 1 aliphatic carbocycles. The molecule has 2 aliphatic rings. The summed E-state index contributed by atoms with van der Waals surface area (Å²) in [6.07, 6.45) is 3.75. The SMILES string of the molecule is CCCCOC(=O)C1C(C)=NC2=C(C(=O)CCC2)[C@H]1c1ccc(Cl)c(Cl)c1. The van der Waals surface area contributed by atoms with Gasteiger partial charge in [-0.3, -0.25) is 14.6 Å². The lowest BCUT2D eigenvalue weighted by atomic mass is 9.72.